The smallest absolute Gasteiger partial charge is 0.351 e. The Labute approximate surface area is 539 Å². The molecule has 1 aromatic carbocycles. The number of fused-ring (bicyclic) bond motifs is 1. The Hall–Kier alpha value is -6.53. The Bertz CT molecular complexity index is 2810. The second kappa shape index (κ2) is 32.4. The highest BCUT2D eigenvalue weighted by atomic mass is 35.5. The van der Waals surface area contributed by atoms with Crippen molar-refractivity contribution in [2.75, 3.05) is 68.5 Å². The van der Waals surface area contributed by atoms with Crippen molar-refractivity contribution in [3.8, 4) is 0 Å². The zero-order valence-corrected chi connectivity index (χ0v) is 55.9. The number of likely N-dealkylation sites (N-methyl/N-ethyl adjacent to an activating group) is 6. The first-order valence-electron chi connectivity index (χ1n) is 32.7. The largest absolute Gasteiger partial charge is 0.417 e. The molecule has 2 saturated heterocycles. The first-order valence-corrected chi connectivity index (χ1v) is 33.1. The van der Waals surface area contributed by atoms with E-state index in [2.05, 4.69) is 21.3 Å². The molecule has 3 aliphatic carbocycles. The molecule has 91 heavy (non-hydrogen) atoms. The number of carbonyl (C=O) groups excluding carboxylic acids is 11. The Morgan fingerprint density at radius 1 is 0.626 bits per heavy atom. The van der Waals surface area contributed by atoms with Gasteiger partial charge in [0.2, 0.25) is 65.0 Å². The molecule has 4 N–H and O–H groups in total. The average molecular weight is 1300 g/mol. The van der Waals surface area contributed by atoms with E-state index in [9.17, 15) is 56.3 Å². The van der Waals surface area contributed by atoms with Gasteiger partial charge >= 0.3 is 6.18 Å². The van der Waals surface area contributed by atoms with Crippen LogP contribution in [0.25, 0.3) is 0 Å². The van der Waals surface area contributed by atoms with Crippen LogP contribution in [0.5, 0.6) is 0 Å². The van der Waals surface area contributed by atoms with Gasteiger partial charge in [-0.2, -0.15) is 13.2 Å². The quantitative estimate of drug-likeness (QED) is 0.234. The van der Waals surface area contributed by atoms with Gasteiger partial charge in [0.1, 0.15) is 41.8 Å². The highest BCUT2D eigenvalue weighted by molar-refractivity contribution is 6.31. The molecule has 5 aliphatic rings. The summed E-state index contributed by atoms with van der Waals surface area (Å²) in [6, 6.07) is -4.48. The van der Waals surface area contributed by atoms with Gasteiger partial charge < -0.3 is 55.6 Å². The number of hydrogen-bond acceptors (Lipinski definition) is 11. The lowest BCUT2D eigenvalue weighted by atomic mass is 9.80. The van der Waals surface area contributed by atoms with Crippen molar-refractivity contribution < 1.29 is 65.9 Å². The SMILES string of the molecule is CC[C@H](C)[C@@H]1NC(=O)[C@H](CC2CCC2)N(C)C(=O)C[C@@H](C)NC(=O)[C@H](C(C)C)N(C)C(=O)C2(CCCC2)NC(=O)[C@@H]2CCCN2C(=O)[C@H](CCc2ccc(C(F)(F)F)c(Cl)c2)NC(=O)CN(C)C(=O)[C@H](CC2CCCCC2)N(C)C(=O)CN(C)C(=O)CN(C)C1=O. The van der Waals surface area contributed by atoms with Crippen molar-refractivity contribution in [1.29, 1.82) is 0 Å². The van der Waals surface area contributed by atoms with Crippen molar-refractivity contribution in [2.45, 2.75) is 217 Å². The number of amides is 11. The molecule has 0 unspecified atom stereocenters. The van der Waals surface area contributed by atoms with Crippen molar-refractivity contribution >= 4 is 76.6 Å². The third-order valence-corrected chi connectivity index (χ3v) is 20.0. The molecule has 0 bridgehead atoms. The van der Waals surface area contributed by atoms with Gasteiger partial charge in [0.25, 0.3) is 0 Å². The number of nitrogens with one attached hydrogen (secondary N) is 4. The van der Waals surface area contributed by atoms with E-state index < -0.39 is 161 Å². The van der Waals surface area contributed by atoms with E-state index in [4.69, 9.17) is 11.6 Å². The molecule has 22 nitrogen and oxygen atoms in total. The molecule has 5 fully saturated rings. The van der Waals surface area contributed by atoms with Gasteiger partial charge in [-0.1, -0.05) is 116 Å². The Morgan fingerprint density at radius 2 is 1.22 bits per heavy atom. The van der Waals surface area contributed by atoms with Crippen LogP contribution in [0, 0.1) is 23.7 Å². The molecule has 0 radical (unpaired) electrons. The fourth-order valence-corrected chi connectivity index (χ4v) is 13.9. The maximum atomic E-state index is 15.0. The normalized spacial score (nSPS) is 27.1. The van der Waals surface area contributed by atoms with Crippen LogP contribution in [0.3, 0.4) is 0 Å². The lowest BCUT2D eigenvalue weighted by molar-refractivity contribution is -0.149. The Kier molecular flexibility index (Phi) is 26.1. The van der Waals surface area contributed by atoms with Crippen LogP contribution in [0.2, 0.25) is 5.02 Å². The summed E-state index contributed by atoms with van der Waals surface area (Å²) >= 11 is 6.11. The lowest BCUT2D eigenvalue weighted by Gasteiger charge is -2.39. The molecule has 2 heterocycles. The van der Waals surface area contributed by atoms with Crippen molar-refractivity contribution in [3.63, 3.8) is 0 Å². The van der Waals surface area contributed by atoms with Crippen LogP contribution in [-0.2, 0) is 65.3 Å². The minimum atomic E-state index is -4.74. The van der Waals surface area contributed by atoms with Crippen LogP contribution in [0.1, 0.15) is 168 Å². The maximum Gasteiger partial charge on any atom is 0.417 e. The molecular weight excluding hydrogens is 1200 g/mol. The molecule has 508 valence electrons. The minimum absolute atomic E-state index is 0.0365. The summed E-state index contributed by atoms with van der Waals surface area (Å²) in [5.74, 6) is -7.41. The second-order valence-electron chi connectivity index (χ2n) is 27.0. The number of aryl methyl sites for hydroxylation is 1. The zero-order valence-electron chi connectivity index (χ0n) is 55.2. The summed E-state index contributed by atoms with van der Waals surface area (Å²) < 4.78 is 41.3. The van der Waals surface area contributed by atoms with E-state index in [0.717, 1.165) is 73.3 Å². The van der Waals surface area contributed by atoms with Crippen LogP contribution < -0.4 is 21.3 Å². The highest BCUT2D eigenvalue weighted by Crippen LogP contribution is 2.37. The van der Waals surface area contributed by atoms with E-state index in [1.165, 1.54) is 72.9 Å². The van der Waals surface area contributed by atoms with Crippen LogP contribution in [0.15, 0.2) is 18.2 Å². The topological polar surface area (TPSA) is 259 Å². The number of alkyl halides is 3. The molecule has 1 aromatic rings. The molecule has 8 atom stereocenters. The predicted molar refractivity (Wildman–Crippen MR) is 335 cm³/mol. The zero-order chi connectivity index (χ0) is 67.4. The number of nitrogens with zero attached hydrogens (tertiary/aromatic N) is 7. The van der Waals surface area contributed by atoms with E-state index in [-0.39, 0.29) is 63.3 Å². The van der Waals surface area contributed by atoms with Crippen molar-refractivity contribution in [1.82, 2.24) is 55.6 Å². The average Bonchev–Trinajstić information content (AvgIpc) is 1.77. The third-order valence-electron chi connectivity index (χ3n) is 19.7. The number of carbonyl (C=O) groups is 11. The van der Waals surface area contributed by atoms with Gasteiger partial charge in [0.15, 0.2) is 0 Å². The fraction of sp³-hybridized carbons (Fsp3) is 0.738. The molecule has 0 aromatic heterocycles. The molecule has 3 saturated carbocycles. The maximum absolute atomic E-state index is 15.0. The minimum Gasteiger partial charge on any atom is -0.351 e. The Morgan fingerprint density at radius 3 is 1.80 bits per heavy atom. The van der Waals surface area contributed by atoms with E-state index in [1.54, 1.807) is 27.7 Å². The van der Waals surface area contributed by atoms with E-state index in [0.29, 0.717) is 37.7 Å². The number of rotatable bonds is 10. The summed E-state index contributed by atoms with van der Waals surface area (Å²) in [7, 11) is 8.63. The van der Waals surface area contributed by atoms with Crippen LogP contribution >= 0.6 is 11.6 Å². The van der Waals surface area contributed by atoms with Gasteiger partial charge in [0, 0.05) is 61.3 Å². The van der Waals surface area contributed by atoms with Gasteiger partial charge in [-0.15, -0.1) is 0 Å². The third kappa shape index (κ3) is 18.8. The van der Waals surface area contributed by atoms with E-state index in [1.807, 2.05) is 6.92 Å². The summed E-state index contributed by atoms with van der Waals surface area (Å²) in [4.78, 5) is 168. The number of halogens is 4. The molecule has 1 spiro atoms. The van der Waals surface area contributed by atoms with Crippen LogP contribution in [0.4, 0.5) is 13.2 Å². The number of hydrogen-bond donors (Lipinski definition) is 4. The van der Waals surface area contributed by atoms with Gasteiger partial charge in [-0.3, -0.25) is 52.7 Å². The fourth-order valence-electron chi connectivity index (χ4n) is 13.6. The summed E-state index contributed by atoms with van der Waals surface area (Å²) in [5.41, 5.74) is -2.24. The summed E-state index contributed by atoms with van der Waals surface area (Å²) in [6.45, 7) is 7.28. The van der Waals surface area contributed by atoms with Crippen molar-refractivity contribution in [2.24, 2.45) is 23.7 Å². The standard InChI is InChI=1S/C65H99ClF3N11O11/c1-12-40(4)55-62(90)76(8)37-53(83)74(6)38-54(84)78(10)50(35-42-20-14-13-15-21-42)61(89)75(7)36-51(81)71-47(28-26-44-25-27-45(46(66)33-44)65(67,68)69)60(88)80-31-19-24-48(80)58(86)73-64(29-16-17-30-64)63(91)79(11)56(39(2)3)59(87)70-41(5)32-52(82)77(9)49(57(85)72-55)34-43-22-18-23-43/h25,27,33,39-43,47-50,55-56H,12-24,26,28-32,34-38H2,1-11H3,(H,70,87)(H,71,81)(H,72,85)(H,73,86)/t40-,41+,47-,48-,49-,50-,55-,56-/m0/s1. The monoisotopic (exact) mass is 1300 g/mol. The molecule has 6 rings (SSSR count). The predicted octanol–water partition coefficient (Wildman–Crippen LogP) is 5.31. The molecule has 11 amide bonds. The first kappa shape index (κ1) is 73.5. The van der Waals surface area contributed by atoms with Crippen LogP contribution in [-0.4, -0.2) is 216 Å². The Balaban J connectivity index is 1.35. The highest BCUT2D eigenvalue weighted by Gasteiger charge is 2.50. The first-order chi connectivity index (χ1) is 42.8. The summed E-state index contributed by atoms with van der Waals surface area (Å²) in [5, 5.41) is 11.0. The van der Waals surface area contributed by atoms with E-state index >= 15 is 9.59 Å². The second-order valence-corrected chi connectivity index (χ2v) is 27.4. The number of benzene rings is 1. The van der Waals surface area contributed by atoms with Crippen molar-refractivity contribution in [3.05, 3.63) is 34.3 Å². The molecule has 26 heteroatoms. The lowest BCUT2D eigenvalue weighted by Crippen LogP contribution is -2.64. The van der Waals surface area contributed by atoms with Gasteiger partial charge in [0.05, 0.1) is 30.2 Å². The molecular formula is C65H99ClF3N11O11. The van der Waals surface area contributed by atoms with Gasteiger partial charge in [-0.05, 0) is 99.7 Å². The summed E-state index contributed by atoms with van der Waals surface area (Å²) in [6.07, 6.45) is 4.90. The van der Waals surface area contributed by atoms with Gasteiger partial charge in [-0.25, -0.2) is 0 Å². The molecule has 2 aliphatic heterocycles.